The van der Waals surface area contributed by atoms with Crippen LogP contribution in [-0.2, 0) is 0 Å². The van der Waals surface area contributed by atoms with Gasteiger partial charge in [-0.3, -0.25) is 4.99 Å². The van der Waals surface area contributed by atoms with Crippen LogP contribution in [-0.4, -0.2) is 18.7 Å². The molecule has 2 aliphatic carbocycles. The molecule has 0 fully saturated rings. The van der Waals surface area contributed by atoms with E-state index < -0.39 is 0 Å². The summed E-state index contributed by atoms with van der Waals surface area (Å²) in [5.74, 6) is 1.14. The average Bonchev–Trinajstić information content (AvgIpc) is 2.89. The van der Waals surface area contributed by atoms with Crippen molar-refractivity contribution >= 4 is 11.7 Å². The summed E-state index contributed by atoms with van der Waals surface area (Å²) in [5.41, 5.74) is 8.00. The van der Waals surface area contributed by atoms with E-state index in [1.54, 1.807) is 7.05 Å². The number of hydrogen-bond donors (Lipinski definition) is 1. The average molecular weight is 265 g/mol. The fourth-order valence-electron chi connectivity index (χ4n) is 1.92. The van der Waals surface area contributed by atoms with Crippen molar-refractivity contribution < 1.29 is 0 Å². The normalized spacial score (nSPS) is 19.4. The molecular weight excluding hydrogens is 246 g/mol. The molecule has 0 saturated carbocycles. The lowest BCUT2D eigenvalue weighted by atomic mass is 10.2. The van der Waals surface area contributed by atoms with Gasteiger partial charge in [-0.25, -0.2) is 4.99 Å². The van der Waals surface area contributed by atoms with Crippen LogP contribution in [0.25, 0.3) is 0 Å². The van der Waals surface area contributed by atoms with Crippen LogP contribution in [0.4, 0.5) is 0 Å². The van der Waals surface area contributed by atoms with E-state index in [1.807, 2.05) is 36.5 Å². The lowest BCUT2D eigenvalue weighted by molar-refractivity contribution is 1.34. The van der Waals surface area contributed by atoms with Gasteiger partial charge >= 0.3 is 0 Å². The molecule has 20 heavy (non-hydrogen) atoms. The maximum Gasteiger partial charge on any atom is 0.156 e. The molecule has 0 atom stereocenters. The third-order valence-corrected chi connectivity index (χ3v) is 2.97. The van der Waals surface area contributed by atoms with Gasteiger partial charge in [0.2, 0.25) is 0 Å². The first-order valence-corrected chi connectivity index (χ1v) is 6.69. The van der Waals surface area contributed by atoms with Crippen LogP contribution in [0.1, 0.15) is 12.8 Å². The smallest absolute Gasteiger partial charge is 0.156 e. The van der Waals surface area contributed by atoms with Crippen LogP contribution in [0.15, 0.2) is 81.9 Å². The molecule has 3 heteroatoms. The number of nitrogens with zero attached hydrogens (tertiary/aromatic N) is 2. The molecule has 0 aromatic heterocycles. The van der Waals surface area contributed by atoms with Crippen LogP contribution in [0.5, 0.6) is 0 Å². The van der Waals surface area contributed by atoms with Gasteiger partial charge in [0.25, 0.3) is 0 Å². The number of hydrogen-bond acceptors (Lipinski definition) is 1. The first-order valence-electron chi connectivity index (χ1n) is 6.69. The van der Waals surface area contributed by atoms with E-state index in [0.29, 0.717) is 11.7 Å². The van der Waals surface area contributed by atoms with Gasteiger partial charge in [-0.2, -0.15) is 0 Å². The van der Waals surface area contributed by atoms with Crippen molar-refractivity contribution in [2.75, 3.05) is 7.05 Å². The molecule has 0 bridgehead atoms. The molecule has 0 saturated heterocycles. The van der Waals surface area contributed by atoms with Crippen molar-refractivity contribution in [3.05, 3.63) is 71.9 Å². The number of amidine groups is 2. The summed E-state index contributed by atoms with van der Waals surface area (Å²) in [6, 6.07) is 0. The van der Waals surface area contributed by atoms with E-state index >= 15 is 0 Å². The molecule has 102 valence electrons. The Morgan fingerprint density at radius 1 is 1.00 bits per heavy atom. The maximum atomic E-state index is 6.09. The molecule has 0 unspecified atom stereocenters. The Morgan fingerprint density at radius 3 is 2.70 bits per heavy atom. The zero-order valence-corrected chi connectivity index (χ0v) is 11.7. The van der Waals surface area contributed by atoms with Crippen LogP contribution >= 0.6 is 0 Å². The molecule has 0 radical (unpaired) electrons. The Bertz CT molecular complexity index is 594. The van der Waals surface area contributed by atoms with Crippen LogP contribution in [0.2, 0.25) is 0 Å². The molecule has 0 spiro atoms. The molecule has 2 rings (SSSR count). The molecule has 3 nitrogen and oxygen atoms in total. The largest absolute Gasteiger partial charge is 0.383 e. The van der Waals surface area contributed by atoms with E-state index in [4.69, 9.17) is 5.73 Å². The fraction of sp³-hybridized carbons (Fsp3) is 0.176. The van der Waals surface area contributed by atoms with Crippen molar-refractivity contribution in [2.24, 2.45) is 15.7 Å². The second-order valence-electron chi connectivity index (χ2n) is 4.41. The van der Waals surface area contributed by atoms with Crippen molar-refractivity contribution in [2.45, 2.75) is 12.8 Å². The second kappa shape index (κ2) is 7.24. The predicted octanol–water partition coefficient (Wildman–Crippen LogP) is 3.26. The molecule has 0 aromatic carbocycles. The van der Waals surface area contributed by atoms with E-state index in [1.165, 1.54) is 0 Å². The summed E-state index contributed by atoms with van der Waals surface area (Å²) in [5, 5.41) is 0. The van der Waals surface area contributed by atoms with E-state index in [2.05, 4.69) is 34.3 Å². The first kappa shape index (κ1) is 14.0. The van der Waals surface area contributed by atoms with Crippen LogP contribution in [0.3, 0.4) is 0 Å². The summed E-state index contributed by atoms with van der Waals surface area (Å²) in [6.07, 6.45) is 22.1. The summed E-state index contributed by atoms with van der Waals surface area (Å²) >= 11 is 0. The minimum Gasteiger partial charge on any atom is -0.383 e. The van der Waals surface area contributed by atoms with Crippen LogP contribution in [0, 0.1) is 0 Å². The topological polar surface area (TPSA) is 50.7 Å². The highest BCUT2D eigenvalue weighted by atomic mass is 15.0. The van der Waals surface area contributed by atoms with Crippen molar-refractivity contribution in [1.82, 2.24) is 0 Å². The predicted molar refractivity (Wildman–Crippen MR) is 86.9 cm³/mol. The lowest BCUT2D eigenvalue weighted by Gasteiger charge is -2.04. The van der Waals surface area contributed by atoms with Gasteiger partial charge < -0.3 is 5.73 Å². The van der Waals surface area contributed by atoms with E-state index in [9.17, 15) is 0 Å². The highest BCUT2D eigenvalue weighted by Gasteiger charge is 2.06. The van der Waals surface area contributed by atoms with Gasteiger partial charge in [0.15, 0.2) is 5.84 Å². The minimum absolute atomic E-state index is 0.486. The third-order valence-electron chi connectivity index (χ3n) is 2.97. The number of nitrogens with two attached hydrogens (primary N) is 1. The minimum atomic E-state index is 0.486. The van der Waals surface area contributed by atoms with Gasteiger partial charge in [0, 0.05) is 18.2 Å². The zero-order chi connectivity index (χ0) is 14.2. The Balaban J connectivity index is 2.25. The Hall–Kier alpha value is -2.42. The van der Waals surface area contributed by atoms with Gasteiger partial charge in [-0.05, 0) is 12.8 Å². The maximum absolute atomic E-state index is 6.09. The van der Waals surface area contributed by atoms with Crippen molar-refractivity contribution in [3.63, 3.8) is 0 Å². The van der Waals surface area contributed by atoms with Gasteiger partial charge in [0.05, 0.1) is 0 Å². The summed E-state index contributed by atoms with van der Waals surface area (Å²) in [6.45, 7) is 0. The Morgan fingerprint density at radius 2 is 1.85 bits per heavy atom. The zero-order valence-electron chi connectivity index (χ0n) is 11.7. The highest BCUT2D eigenvalue weighted by molar-refractivity contribution is 6.12. The van der Waals surface area contributed by atoms with E-state index in [0.717, 1.165) is 24.0 Å². The number of aliphatic imine (C=N–C) groups is 2. The third kappa shape index (κ3) is 3.79. The molecule has 0 aliphatic heterocycles. The lowest BCUT2D eigenvalue weighted by Crippen LogP contribution is -2.16. The first-order chi connectivity index (χ1) is 9.81. The van der Waals surface area contributed by atoms with Gasteiger partial charge in [-0.15, -0.1) is 0 Å². The second-order valence-corrected chi connectivity index (χ2v) is 4.41. The molecule has 0 amide bonds. The SMILES string of the molecule is CN=C(N=C(N)C1=CC=CCC=C1)C1=CCC=CC=C1. The molecule has 2 N–H and O–H groups in total. The summed E-state index contributed by atoms with van der Waals surface area (Å²) in [4.78, 5) is 8.71. The number of rotatable bonds is 2. The van der Waals surface area contributed by atoms with Crippen molar-refractivity contribution in [3.8, 4) is 0 Å². The summed E-state index contributed by atoms with van der Waals surface area (Å²) < 4.78 is 0. The Labute approximate surface area is 120 Å². The molecule has 0 heterocycles. The van der Waals surface area contributed by atoms with Gasteiger partial charge in [0.1, 0.15) is 5.84 Å². The van der Waals surface area contributed by atoms with Gasteiger partial charge in [-0.1, -0.05) is 60.8 Å². The highest BCUT2D eigenvalue weighted by Crippen LogP contribution is 2.10. The van der Waals surface area contributed by atoms with Crippen LogP contribution < -0.4 is 5.73 Å². The van der Waals surface area contributed by atoms with E-state index in [-0.39, 0.29) is 0 Å². The molecule has 2 aliphatic rings. The standard InChI is InChI=1S/C17H19N3/c1-19-17(15-12-8-4-5-9-13-15)20-16(18)14-10-6-2-3-7-11-14/h2,4-8,10-13H,3,9H2,1H3,(H2,18,19,20). The quantitative estimate of drug-likeness (QED) is 0.604. The number of allylic oxidation sites excluding steroid dienone is 8. The van der Waals surface area contributed by atoms with Crippen molar-refractivity contribution in [1.29, 1.82) is 0 Å². The fourth-order valence-corrected chi connectivity index (χ4v) is 1.92. The molecule has 0 aromatic rings. The Kier molecular flexibility index (Phi) is 5.07. The monoisotopic (exact) mass is 265 g/mol. The summed E-state index contributed by atoms with van der Waals surface area (Å²) in [7, 11) is 1.73. The molecular formula is C17H19N3.